The van der Waals surface area contributed by atoms with Gasteiger partial charge in [0.15, 0.2) is 0 Å². The topological polar surface area (TPSA) is 132 Å². The van der Waals surface area contributed by atoms with Gasteiger partial charge in [-0.1, -0.05) is 74.5 Å². The van der Waals surface area contributed by atoms with Gasteiger partial charge in [-0.25, -0.2) is 4.79 Å². The first-order valence-electron chi connectivity index (χ1n) is 15.0. The highest BCUT2D eigenvalue weighted by Gasteiger charge is 2.30. The fourth-order valence-electron chi connectivity index (χ4n) is 4.32. The number of carbonyl (C=O) groups excluding carboxylic acids is 3. The summed E-state index contributed by atoms with van der Waals surface area (Å²) in [5.41, 5.74) is 0.808. The molecular weight excluding hydrogens is 581 g/mol. The van der Waals surface area contributed by atoms with Crippen LogP contribution in [-0.4, -0.2) is 48.8 Å². The summed E-state index contributed by atoms with van der Waals surface area (Å²) < 4.78 is 29.3. The molecule has 0 heterocycles. The van der Waals surface area contributed by atoms with Gasteiger partial charge in [0.1, 0.15) is 17.7 Å². The van der Waals surface area contributed by atoms with E-state index in [-0.39, 0.29) is 25.6 Å². The average molecular weight is 630 g/mol. The standard InChI is InChI=1S/C33H48N3O7P/c1-8-41-44(40,42-9-2)21-20-27(26-18-14-11-15-19-26)34-30(37)28(22-24(3)4)35-31(38)29(23-25-16-12-10-13-17-25)36-32(39)43-33(5,6)7/h10-21,24,27-29H,8-9,22-23H2,1-7H3,(H,34,37)(H,35,38)(H,36,39)/b21-20+/t27?,28-,29-/m0/s1. The fraction of sp³-hybridized carbons (Fsp3) is 0.485. The molecule has 0 spiro atoms. The molecule has 11 heteroatoms. The van der Waals surface area contributed by atoms with Gasteiger partial charge in [-0.2, -0.15) is 0 Å². The Balaban J connectivity index is 2.34. The third-order valence-electron chi connectivity index (χ3n) is 6.17. The smallest absolute Gasteiger partial charge is 0.408 e. The monoisotopic (exact) mass is 629 g/mol. The van der Waals surface area contributed by atoms with Crippen LogP contribution in [0.2, 0.25) is 0 Å². The zero-order valence-electron chi connectivity index (χ0n) is 26.9. The highest BCUT2D eigenvalue weighted by atomic mass is 31.2. The summed E-state index contributed by atoms with van der Waals surface area (Å²) in [6.07, 6.45) is 1.38. The van der Waals surface area contributed by atoms with Crippen molar-refractivity contribution in [1.82, 2.24) is 16.0 Å². The predicted molar refractivity (Wildman–Crippen MR) is 172 cm³/mol. The van der Waals surface area contributed by atoms with Gasteiger partial charge in [0, 0.05) is 12.2 Å². The second-order valence-corrected chi connectivity index (χ2v) is 13.6. The summed E-state index contributed by atoms with van der Waals surface area (Å²) in [7, 11) is -3.54. The Morgan fingerprint density at radius 2 is 1.36 bits per heavy atom. The molecule has 0 radical (unpaired) electrons. The van der Waals surface area contributed by atoms with E-state index < -0.39 is 49.2 Å². The molecule has 2 rings (SSSR count). The van der Waals surface area contributed by atoms with Crippen molar-refractivity contribution in [3.05, 3.63) is 83.7 Å². The number of alkyl carbamates (subject to hydrolysis) is 1. The van der Waals surface area contributed by atoms with E-state index in [9.17, 15) is 18.9 Å². The summed E-state index contributed by atoms with van der Waals surface area (Å²) in [6.45, 7) is 12.9. The van der Waals surface area contributed by atoms with E-state index in [1.807, 2.05) is 74.5 Å². The van der Waals surface area contributed by atoms with E-state index >= 15 is 0 Å². The van der Waals surface area contributed by atoms with Crippen molar-refractivity contribution in [2.75, 3.05) is 13.2 Å². The summed E-state index contributed by atoms with van der Waals surface area (Å²) in [6, 6.07) is 15.8. The van der Waals surface area contributed by atoms with Gasteiger partial charge >= 0.3 is 13.7 Å². The third-order valence-corrected chi connectivity index (χ3v) is 7.94. The maximum Gasteiger partial charge on any atom is 0.408 e. The molecule has 0 aliphatic rings. The summed E-state index contributed by atoms with van der Waals surface area (Å²) in [4.78, 5) is 40.1. The Hall–Kier alpha value is -3.46. The van der Waals surface area contributed by atoms with Crippen LogP contribution in [0.4, 0.5) is 4.79 Å². The highest BCUT2D eigenvalue weighted by Crippen LogP contribution is 2.50. The zero-order chi connectivity index (χ0) is 32.8. The molecule has 3 amide bonds. The van der Waals surface area contributed by atoms with Crippen molar-refractivity contribution in [2.24, 2.45) is 5.92 Å². The van der Waals surface area contributed by atoms with Crippen molar-refractivity contribution in [3.63, 3.8) is 0 Å². The van der Waals surface area contributed by atoms with Crippen LogP contribution in [0.5, 0.6) is 0 Å². The number of hydrogen-bond acceptors (Lipinski definition) is 7. The molecule has 0 bridgehead atoms. The van der Waals surface area contributed by atoms with Crippen LogP contribution in [0.15, 0.2) is 72.6 Å². The Labute approximate surface area is 261 Å². The number of ether oxygens (including phenoxy) is 1. The van der Waals surface area contributed by atoms with Crippen LogP contribution in [0.3, 0.4) is 0 Å². The van der Waals surface area contributed by atoms with E-state index in [4.69, 9.17) is 13.8 Å². The fourth-order valence-corrected chi connectivity index (χ4v) is 5.67. The largest absolute Gasteiger partial charge is 0.444 e. The quantitative estimate of drug-likeness (QED) is 0.186. The lowest BCUT2D eigenvalue weighted by molar-refractivity contribution is -0.130. The van der Waals surface area contributed by atoms with Crippen LogP contribution in [0, 0.1) is 5.92 Å². The van der Waals surface area contributed by atoms with E-state index in [1.165, 1.54) is 5.82 Å². The van der Waals surface area contributed by atoms with E-state index in [1.54, 1.807) is 40.7 Å². The molecule has 10 nitrogen and oxygen atoms in total. The van der Waals surface area contributed by atoms with Crippen LogP contribution >= 0.6 is 7.60 Å². The van der Waals surface area contributed by atoms with Crippen molar-refractivity contribution >= 4 is 25.5 Å². The molecule has 2 aromatic rings. The zero-order valence-corrected chi connectivity index (χ0v) is 27.8. The van der Waals surface area contributed by atoms with Gasteiger partial charge in [0.05, 0.1) is 19.3 Å². The number of nitrogens with one attached hydrogen (secondary N) is 3. The average Bonchev–Trinajstić information content (AvgIpc) is 2.94. The summed E-state index contributed by atoms with van der Waals surface area (Å²) >= 11 is 0. The van der Waals surface area contributed by atoms with Gasteiger partial charge in [-0.15, -0.1) is 0 Å². The molecule has 0 aliphatic carbocycles. The van der Waals surface area contributed by atoms with Crippen molar-refractivity contribution in [2.45, 2.75) is 85.0 Å². The first-order valence-corrected chi connectivity index (χ1v) is 16.6. The minimum Gasteiger partial charge on any atom is -0.444 e. The predicted octanol–water partition coefficient (Wildman–Crippen LogP) is 6.29. The lowest BCUT2D eigenvalue weighted by Gasteiger charge is -2.27. The van der Waals surface area contributed by atoms with E-state index in [2.05, 4.69) is 16.0 Å². The molecule has 44 heavy (non-hydrogen) atoms. The first kappa shape index (κ1) is 36.7. The maximum absolute atomic E-state index is 13.8. The van der Waals surface area contributed by atoms with Crippen LogP contribution in [0.25, 0.3) is 0 Å². The second kappa shape index (κ2) is 17.7. The molecule has 0 fully saturated rings. The minimum atomic E-state index is -3.54. The molecule has 0 saturated heterocycles. The van der Waals surface area contributed by atoms with E-state index in [0.29, 0.717) is 6.42 Å². The van der Waals surface area contributed by atoms with Gasteiger partial charge in [0.2, 0.25) is 11.8 Å². The molecule has 242 valence electrons. The number of amides is 3. The highest BCUT2D eigenvalue weighted by molar-refractivity contribution is 7.57. The Morgan fingerprint density at radius 1 is 0.818 bits per heavy atom. The normalized spacial score (nSPS) is 14.1. The van der Waals surface area contributed by atoms with Crippen LogP contribution in [-0.2, 0) is 34.4 Å². The summed E-state index contributed by atoms with van der Waals surface area (Å²) in [5, 5.41) is 8.51. The minimum absolute atomic E-state index is 0.0549. The molecule has 0 aliphatic heterocycles. The molecule has 3 atom stereocenters. The van der Waals surface area contributed by atoms with E-state index in [0.717, 1.165) is 11.1 Å². The molecular formula is C33H48N3O7P. The lowest BCUT2D eigenvalue weighted by Crippen LogP contribution is -2.55. The number of hydrogen-bond donors (Lipinski definition) is 3. The molecule has 3 N–H and O–H groups in total. The van der Waals surface area contributed by atoms with Crippen molar-refractivity contribution in [3.8, 4) is 0 Å². The molecule has 0 aromatic heterocycles. The molecule has 1 unspecified atom stereocenters. The van der Waals surface area contributed by atoms with Gasteiger partial charge < -0.3 is 29.7 Å². The van der Waals surface area contributed by atoms with Gasteiger partial charge in [-0.3, -0.25) is 14.2 Å². The SMILES string of the molecule is CCOP(=O)(/C=C/C(NC(=O)[C@H](CC(C)C)NC(=O)[C@H](Cc1ccccc1)NC(=O)OC(C)(C)C)c1ccccc1)OCC. The first-order chi connectivity index (χ1) is 20.7. The Bertz CT molecular complexity index is 1250. The summed E-state index contributed by atoms with van der Waals surface area (Å²) in [5.74, 6) is 0.446. The Kier molecular flexibility index (Phi) is 14.8. The maximum atomic E-state index is 13.8. The lowest BCUT2D eigenvalue weighted by atomic mass is 10.00. The second-order valence-electron chi connectivity index (χ2n) is 11.7. The number of carbonyl (C=O) groups is 3. The number of benzene rings is 2. The molecule has 2 aromatic carbocycles. The van der Waals surface area contributed by atoms with Gasteiger partial charge in [0.25, 0.3) is 0 Å². The Morgan fingerprint density at radius 3 is 1.89 bits per heavy atom. The number of rotatable bonds is 16. The van der Waals surface area contributed by atoms with Crippen LogP contribution in [0.1, 0.15) is 72.1 Å². The van der Waals surface area contributed by atoms with Gasteiger partial charge in [-0.05, 0) is 64.2 Å². The third kappa shape index (κ3) is 13.5. The van der Waals surface area contributed by atoms with Crippen molar-refractivity contribution in [1.29, 1.82) is 0 Å². The van der Waals surface area contributed by atoms with Crippen LogP contribution < -0.4 is 16.0 Å². The molecule has 0 saturated carbocycles. The van der Waals surface area contributed by atoms with Crippen molar-refractivity contribution < 1.29 is 32.7 Å².